The van der Waals surface area contributed by atoms with Crippen molar-refractivity contribution in [3.05, 3.63) is 50.0 Å². The summed E-state index contributed by atoms with van der Waals surface area (Å²) in [5.41, 5.74) is 4.38. The van der Waals surface area contributed by atoms with E-state index in [0.29, 0.717) is 12.1 Å². The summed E-state index contributed by atoms with van der Waals surface area (Å²) in [6.07, 6.45) is 0. The highest BCUT2D eigenvalue weighted by Gasteiger charge is 2.13. The van der Waals surface area contributed by atoms with E-state index in [9.17, 15) is 10.1 Å². The Hall–Kier alpha value is -1.95. The average molecular weight is 263 g/mol. The zero-order chi connectivity index (χ0) is 13.1. The van der Waals surface area contributed by atoms with Crippen molar-refractivity contribution < 1.29 is 4.92 Å². The van der Waals surface area contributed by atoms with Crippen LogP contribution >= 0.6 is 11.3 Å². The smallest absolute Gasteiger partial charge is 0.274 e. The predicted molar refractivity (Wildman–Crippen MR) is 72.0 cm³/mol. The van der Waals surface area contributed by atoms with E-state index in [2.05, 4.69) is 10.3 Å². The van der Waals surface area contributed by atoms with Gasteiger partial charge in [-0.15, -0.1) is 11.3 Å². The number of benzene rings is 1. The molecular weight excluding hydrogens is 250 g/mol. The minimum atomic E-state index is -0.363. The zero-order valence-corrected chi connectivity index (χ0v) is 11.0. The SMILES string of the molecule is Cc1ncsc1CNc1cccc([N+](=O)[O-])c1C. The standard InChI is InChI=1S/C12H13N3O2S/c1-8-10(4-3-5-11(8)15(16)17)13-6-12-9(2)14-7-18-12/h3-5,7,13H,6H2,1-2H3. The Balaban J connectivity index is 2.17. The van der Waals surface area contributed by atoms with Crippen LogP contribution in [-0.4, -0.2) is 9.91 Å². The number of hydrogen-bond donors (Lipinski definition) is 1. The van der Waals surface area contributed by atoms with Crippen LogP contribution in [-0.2, 0) is 6.54 Å². The Morgan fingerprint density at radius 2 is 2.22 bits per heavy atom. The second kappa shape index (κ2) is 5.14. The number of hydrogen-bond acceptors (Lipinski definition) is 5. The molecule has 0 atom stereocenters. The molecule has 1 N–H and O–H groups in total. The number of nitro groups is 1. The van der Waals surface area contributed by atoms with Crippen LogP contribution < -0.4 is 5.32 Å². The molecule has 2 rings (SSSR count). The summed E-state index contributed by atoms with van der Waals surface area (Å²) in [5.74, 6) is 0. The molecule has 0 saturated carbocycles. The van der Waals surface area contributed by atoms with Gasteiger partial charge in [0.2, 0.25) is 0 Å². The summed E-state index contributed by atoms with van der Waals surface area (Å²) in [6.45, 7) is 4.34. The maximum Gasteiger partial charge on any atom is 0.274 e. The number of thiazole rings is 1. The Morgan fingerprint density at radius 1 is 1.44 bits per heavy atom. The maximum atomic E-state index is 10.8. The lowest BCUT2D eigenvalue weighted by molar-refractivity contribution is -0.385. The summed E-state index contributed by atoms with van der Waals surface area (Å²) in [5, 5.41) is 14.0. The molecule has 0 aliphatic heterocycles. The fourth-order valence-electron chi connectivity index (χ4n) is 1.68. The molecule has 0 saturated heterocycles. The number of anilines is 1. The molecule has 2 aromatic rings. The summed E-state index contributed by atoms with van der Waals surface area (Å²) < 4.78 is 0. The summed E-state index contributed by atoms with van der Waals surface area (Å²) in [6, 6.07) is 5.05. The molecule has 1 heterocycles. The molecule has 0 aliphatic rings. The number of nitro benzene ring substituents is 1. The van der Waals surface area contributed by atoms with Gasteiger partial charge in [-0.2, -0.15) is 0 Å². The van der Waals surface area contributed by atoms with E-state index in [1.165, 1.54) is 6.07 Å². The number of nitrogens with one attached hydrogen (secondary N) is 1. The van der Waals surface area contributed by atoms with Crippen molar-refractivity contribution in [1.29, 1.82) is 0 Å². The first-order valence-corrected chi connectivity index (χ1v) is 6.34. The van der Waals surface area contributed by atoms with Crippen LogP contribution in [0, 0.1) is 24.0 Å². The van der Waals surface area contributed by atoms with Crippen LogP contribution in [0.3, 0.4) is 0 Å². The Morgan fingerprint density at radius 3 is 2.83 bits per heavy atom. The highest BCUT2D eigenvalue weighted by molar-refractivity contribution is 7.09. The van der Waals surface area contributed by atoms with Crippen LogP contribution in [0.1, 0.15) is 16.1 Å². The van der Waals surface area contributed by atoms with Gasteiger partial charge in [0.15, 0.2) is 0 Å². The number of nitrogens with zero attached hydrogens (tertiary/aromatic N) is 2. The third-order valence-electron chi connectivity index (χ3n) is 2.79. The van der Waals surface area contributed by atoms with Gasteiger partial charge in [0.25, 0.3) is 5.69 Å². The van der Waals surface area contributed by atoms with E-state index < -0.39 is 0 Å². The van der Waals surface area contributed by atoms with E-state index in [0.717, 1.165) is 16.3 Å². The third-order valence-corrected chi connectivity index (χ3v) is 3.72. The van der Waals surface area contributed by atoms with Crippen LogP contribution in [0.25, 0.3) is 0 Å². The topological polar surface area (TPSA) is 68.1 Å². The van der Waals surface area contributed by atoms with E-state index in [1.807, 2.05) is 13.0 Å². The van der Waals surface area contributed by atoms with Gasteiger partial charge in [-0.3, -0.25) is 10.1 Å². The molecule has 1 aromatic carbocycles. The molecule has 6 heteroatoms. The van der Waals surface area contributed by atoms with Gasteiger partial charge in [-0.1, -0.05) is 6.07 Å². The lowest BCUT2D eigenvalue weighted by Crippen LogP contribution is -2.02. The molecule has 0 spiro atoms. The summed E-state index contributed by atoms with van der Waals surface area (Å²) >= 11 is 1.58. The normalized spacial score (nSPS) is 10.3. The molecule has 0 unspecified atom stereocenters. The van der Waals surface area contributed by atoms with E-state index >= 15 is 0 Å². The van der Waals surface area contributed by atoms with Crippen molar-refractivity contribution in [2.24, 2.45) is 0 Å². The highest BCUT2D eigenvalue weighted by atomic mass is 32.1. The molecule has 18 heavy (non-hydrogen) atoms. The van der Waals surface area contributed by atoms with Gasteiger partial charge in [0, 0.05) is 22.2 Å². The Labute approximate surface area is 109 Å². The van der Waals surface area contributed by atoms with Gasteiger partial charge in [0.05, 0.1) is 22.7 Å². The summed E-state index contributed by atoms with van der Waals surface area (Å²) in [4.78, 5) is 15.8. The first kappa shape index (κ1) is 12.5. The lowest BCUT2D eigenvalue weighted by atomic mass is 10.1. The molecule has 0 aliphatic carbocycles. The molecule has 0 amide bonds. The first-order valence-electron chi connectivity index (χ1n) is 5.46. The molecular formula is C12H13N3O2S. The van der Waals surface area contributed by atoms with Crippen molar-refractivity contribution in [2.45, 2.75) is 20.4 Å². The van der Waals surface area contributed by atoms with E-state index in [1.54, 1.807) is 29.8 Å². The molecule has 1 aromatic heterocycles. The zero-order valence-electron chi connectivity index (χ0n) is 10.1. The van der Waals surface area contributed by atoms with Crippen LogP contribution in [0.4, 0.5) is 11.4 Å². The second-order valence-corrected chi connectivity index (χ2v) is 4.86. The van der Waals surface area contributed by atoms with Crippen molar-refractivity contribution in [2.75, 3.05) is 5.32 Å². The van der Waals surface area contributed by atoms with Gasteiger partial charge < -0.3 is 5.32 Å². The molecule has 0 fully saturated rings. The van der Waals surface area contributed by atoms with Crippen molar-refractivity contribution in [1.82, 2.24) is 4.98 Å². The number of aromatic nitrogens is 1. The third kappa shape index (κ3) is 2.48. The number of aryl methyl sites for hydroxylation is 1. The average Bonchev–Trinajstić information content (AvgIpc) is 2.73. The fourth-order valence-corrected chi connectivity index (χ4v) is 2.40. The van der Waals surface area contributed by atoms with E-state index in [-0.39, 0.29) is 10.6 Å². The van der Waals surface area contributed by atoms with Crippen LogP contribution in [0.15, 0.2) is 23.7 Å². The lowest BCUT2D eigenvalue weighted by Gasteiger charge is -2.08. The monoisotopic (exact) mass is 263 g/mol. The minimum absolute atomic E-state index is 0.140. The largest absolute Gasteiger partial charge is 0.380 e. The Bertz CT molecular complexity index is 580. The number of rotatable bonds is 4. The van der Waals surface area contributed by atoms with Crippen molar-refractivity contribution >= 4 is 22.7 Å². The van der Waals surface area contributed by atoms with E-state index in [4.69, 9.17) is 0 Å². The Kier molecular flexibility index (Phi) is 3.57. The first-order chi connectivity index (χ1) is 8.59. The van der Waals surface area contributed by atoms with Gasteiger partial charge in [0.1, 0.15) is 0 Å². The molecule has 0 bridgehead atoms. The summed E-state index contributed by atoms with van der Waals surface area (Å²) in [7, 11) is 0. The van der Waals surface area contributed by atoms with Crippen molar-refractivity contribution in [3.8, 4) is 0 Å². The van der Waals surface area contributed by atoms with Gasteiger partial charge >= 0.3 is 0 Å². The molecule has 5 nitrogen and oxygen atoms in total. The highest BCUT2D eigenvalue weighted by Crippen LogP contribution is 2.26. The van der Waals surface area contributed by atoms with Crippen molar-refractivity contribution in [3.63, 3.8) is 0 Å². The van der Waals surface area contributed by atoms with Gasteiger partial charge in [-0.05, 0) is 19.9 Å². The maximum absolute atomic E-state index is 10.8. The molecule has 94 valence electrons. The van der Waals surface area contributed by atoms with Crippen LogP contribution in [0.5, 0.6) is 0 Å². The quantitative estimate of drug-likeness (QED) is 0.679. The molecule has 0 radical (unpaired) electrons. The fraction of sp³-hybridized carbons (Fsp3) is 0.250. The van der Waals surface area contributed by atoms with Gasteiger partial charge in [-0.25, -0.2) is 4.98 Å². The second-order valence-electron chi connectivity index (χ2n) is 3.92. The van der Waals surface area contributed by atoms with Crippen LogP contribution in [0.2, 0.25) is 0 Å². The predicted octanol–water partition coefficient (Wildman–Crippen LogP) is 3.28. The minimum Gasteiger partial charge on any atom is -0.380 e.